The second-order valence-corrected chi connectivity index (χ2v) is 6.23. The summed E-state index contributed by atoms with van der Waals surface area (Å²) in [6, 6.07) is 3.22. The molecule has 0 saturated carbocycles. The first kappa shape index (κ1) is 12.9. The van der Waals surface area contributed by atoms with Crippen molar-refractivity contribution in [3.8, 4) is 6.07 Å². The first-order chi connectivity index (χ1) is 8.11. The molecular formula is C14H25N3. The summed E-state index contributed by atoms with van der Waals surface area (Å²) in [5, 5.41) is 8.98. The molecule has 2 saturated heterocycles. The van der Waals surface area contributed by atoms with E-state index in [4.69, 9.17) is 5.26 Å². The van der Waals surface area contributed by atoms with Crippen molar-refractivity contribution in [2.24, 2.45) is 5.41 Å². The van der Waals surface area contributed by atoms with Gasteiger partial charge in [0.2, 0.25) is 0 Å². The molecule has 3 heteroatoms. The monoisotopic (exact) mass is 235 g/mol. The smallest absolute Gasteiger partial charge is 0.0683 e. The molecule has 0 bridgehead atoms. The number of rotatable bonds is 4. The van der Waals surface area contributed by atoms with Crippen molar-refractivity contribution < 1.29 is 0 Å². The zero-order chi connectivity index (χ0) is 12.3. The Balaban J connectivity index is 1.69. The molecule has 1 atom stereocenters. The third kappa shape index (κ3) is 3.43. The first-order valence-electron chi connectivity index (χ1n) is 6.98. The Bertz CT molecular complexity index is 292. The zero-order valence-electron chi connectivity index (χ0n) is 11.3. The lowest BCUT2D eigenvalue weighted by molar-refractivity contribution is 0.101. The van der Waals surface area contributed by atoms with Crippen molar-refractivity contribution in [2.75, 3.05) is 32.7 Å². The van der Waals surface area contributed by atoms with Crippen LogP contribution in [0.15, 0.2) is 0 Å². The maximum atomic E-state index is 8.98. The van der Waals surface area contributed by atoms with Crippen LogP contribution in [0.3, 0.4) is 0 Å². The highest BCUT2D eigenvalue weighted by Crippen LogP contribution is 2.23. The van der Waals surface area contributed by atoms with Crippen molar-refractivity contribution in [1.82, 2.24) is 9.80 Å². The van der Waals surface area contributed by atoms with E-state index in [1.807, 2.05) is 13.8 Å². The highest BCUT2D eigenvalue weighted by atomic mass is 15.3. The van der Waals surface area contributed by atoms with E-state index in [2.05, 4.69) is 15.9 Å². The van der Waals surface area contributed by atoms with Gasteiger partial charge in [0.1, 0.15) is 0 Å². The Morgan fingerprint density at radius 1 is 1.29 bits per heavy atom. The van der Waals surface area contributed by atoms with E-state index in [0.29, 0.717) is 0 Å². The summed E-state index contributed by atoms with van der Waals surface area (Å²) in [5.74, 6) is 0. The fourth-order valence-electron chi connectivity index (χ4n) is 3.06. The predicted octanol–water partition coefficient (Wildman–Crippen LogP) is 2.10. The van der Waals surface area contributed by atoms with Gasteiger partial charge in [0.25, 0.3) is 0 Å². The molecule has 2 fully saturated rings. The molecule has 2 aliphatic rings. The van der Waals surface area contributed by atoms with Gasteiger partial charge >= 0.3 is 0 Å². The molecule has 0 aromatic carbocycles. The molecule has 3 nitrogen and oxygen atoms in total. The lowest BCUT2D eigenvalue weighted by Crippen LogP contribution is -2.50. The quantitative estimate of drug-likeness (QED) is 0.747. The molecule has 0 spiro atoms. The molecule has 0 aromatic heterocycles. The van der Waals surface area contributed by atoms with Gasteiger partial charge in [-0.25, -0.2) is 0 Å². The topological polar surface area (TPSA) is 30.3 Å². The van der Waals surface area contributed by atoms with Crippen molar-refractivity contribution in [3.63, 3.8) is 0 Å². The Morgan fingerprint density at radius 3 is 2.88 bits per heavy atom. The fraction of sp³-hybridized carbons (Fsp3) is 0.929. The van der Waals surface area contributed by atoms with Gasteiger partial charge in [0.05, 0.1) is 11.5 Å². The molecule has 2 heterocycles. The van der Waals surface area contributed by atoms with E-state index in [-0.39, 0.29) is 5.41 Å². The standard InChI is InChI=1S/C14H25N3/c1-14(2,12-15)6-4-7-16-9-10-17-8-3-5-13(17)11-16/h13H,3-11H2,1-2H3. The second kappa shape index (κ2) is 5.37. The van der Waals surface area contributed by atoms with Crippen LogP contribution in [0.4, 0.5) is 0 Å². The van der Waals surface area contributed by atoms with Crippen molar-refractivity contribution in [2.45, 2.75) is 45.6 Å². The Kier molecular flexibility index (Phi) is 4.06. The summed E-state index contributed by atoms with van der Waals surface area (Å²) in [6.45, 7) is 10.3. The minimum absolute atomic E-state index is 0.144. The number of nitrogens with zero attached hydrogens (tertiary/aromatic N) is 3. The third-order valence-corrected chi connectivity index (χ3v) is 4.25. The SMILES string of the molecule is CC(C)(C#N)CCCN1CCN2CCCC2C1. The first-order valence-corrected chi connectivity index (χ1v) is 6.98. The summed E-state index contributed by atoms with van der Waals surface area (Å²) < 4.78 is 0. The molecule has 2 aliphatic heterocycles. The van der Waals surface area contributed by atoms with E-state index < -0.39 is 0 Å². The number of nitriles is 1. The van der Waals surface area contributed by atoms with E-state index in [9.17, 15) is 0 Å². The molecule has 0 amide bonds. The molecular weight excluding hydrogens is 210 g/mol. The highest BCUT2D eigenvalue weighted by Gasteiger charge is 2.30. The summed E-state index contributed by atoms with van der Waals surface area (Å²) in [6.07, 6.45) is 4.96. The number of fused-ring (bicyclic) bond motifs is 1. The van der Waals surface area contributed by atoms with Crippen LogP contribution in [0, 0.1) is 16.7 Å². The van der Waals surface area contributed by atoms with Gasteiger partial charge in [-0.05, 0) is 52.6 Å². The van der Waals surface area contributed by atoms with Crippen LogP contribution in [-0.4, -0.2) is 48.6 Å². The van der Waals surface area contributed by atoms with Gasteiger partial charge in [0, 0.05) is 25.7 Å². The Morgan fingerprint density at radius 2 is 2.12 bits per heavy atom. The average molecular weight is 235 g/mol. The average Bonchev–Trinajstić information content (AvgIpc) is 2.76. The van der Waals surface area contributed by atoms with E-state index in [1.165, 1.54) is 45.6 Å². The maximum absolute atomic E-state index is 8.98. The summed E-state index contributed by atoms with van der Waals surface area (Å²) in [5.41, 5.74) is -0.144. The van der Waals surface area contributed by atoms with Gasteiger partial charge in [-0.3, -0.25) is 4.90 Å². The molecule has 96 valence electrons. The molecule has 17 heavy (non-hydrogen) atoms. The van der Waals surface area contributed by atoms with Gasteiger partial charge in [-0.2, -0.15) is 5.26 Å². The van der Waals surface area contributed by atoms with Crippen molar-refractivity contribution in [1.29, 1.82) is 5.26 Å². The lowest BCUT2D eigenvalue weighted by Gasteiger charge is -2.37. The van der Waals surface area contributed by atoms with Crippen LogP contribution in [0.2, 0.25) is 0 Å². The van der Waals surface area contributed by atoms with E-state index in [0.717, 1.165) is 18.9 Å². The third-order valence-electron chi connectivity index (χ3n) is 4.25. The number of hydrogen-bond donors (Lipinski definition) is 0. The van der Waals surface area contributed by atoms with Crippen LogP contribution in [-0.2, 0) is 0 Å². The predicted molar refractivity (Wildman–Crippen MR) is 69.7 cm³/mol. The van der Waals surface area contributed by atoms with Crippen LogP contribution >= 0.6 is 0 Å². The van der Waals surface area contributed by atoms with Gasteiger partial charge < -0.3 is 4.90 Å². The van der Waals surface area contributed by atoms with Crippen molar-refractivity contribution >= 4 is 0 Å². The minimum Gasteiger partial charge on any atom is -0.301 e. The van der Waals surface area contributed by atoms with E-state index in [1.54, 1.807) is 0 Å². The van der Waals surface area contributed by atoms with Gasteiger partial charge in [-0.15, -0.1) is 0 Å². The lowest BCUT2D eigenvalue weighted by atomic mass is 9.90. The number of hydrogen-bond acceptors (Lipinski definition) is 3. The largest absolute Gasteiger partial charge is 0.301 e. The maximum Gasteiger partial charge on any atom is 0.0683 e. The van der Waals surface area contributed by atoms with Gasteiger partial charge in [0.15, 0.2) is 0 Å². The van der Waals surface area contributed by atoms with Crippen LogP contribution in [0.1, 0.15) is 39.5 Å². The van der Waals surface area contributed by atoms with Gasteiger partial charge in [-0.1, -0.05) is 0 Å². The van der Waals surface area contributed by atoms with Crippen LogP contribution in [0.25, 0.3) is 0 Å². The molecule has 2 rings (SSSR count). The molecule has 0 aliphatic carbocycles. The number of piperazine rings is 1. The van der Waals surface area contributed by atoms with E-state index >= 15 is 0 Å². The zero-order valence-corrected chi connectivity index (χ0v) is 11.3. The fourth-order valence-corrected chi connectivity index (χ4v) is 3.06. The van der Waals surface area contributed by atoms with Crippen molar-refractivity contribution in [3.05, 3.63) is 0 Å². The summed E-state index contributed by atoms with van der Waals surface area (Å²) in [4.78, 5) is 5.25. The second-order valence-electron chi connectivity index (χ2n) is 6.23. The normalized spacial score (nSPS) is 26.8. The summed E-state index contributed by atoms with van der Waals surface area (Å²) in [7, 11) is 0. The Labute approximate surface area is 105 Å². The molecule has 1 unspecified atom stereocenters. The van der Waals surface area contributed by atoms with Crippen LogP contribution < -0.4 is 0 Å². The minimum atomic E-state index is -0.144. The van der Waals surface area contributed by atoms with Crippen LogP contribution in [0.5, 0.6) is 0 Å². The highest BCUT2D eigenvalue weighted by molar-refractivity contribution is 4.92. The Hall–Kier alpha value is -0.590. The summed E-state index contributed by atoms with van der Waals surface area (Å²) >= 11 is 0. The molecule has 0 aromatic rings. The molecule has 0 N–H and O–H groups in total. The molecule has 0 radical (unpaired) electrons.